The van der Waals surface area contributed by atoms with Crippen LogP contribution in [0.5, 0.6) is 5.75 Å². The lowest BCUT2D eigenvalue weighted by Crippen LogP contribution is -2.24. The third-order valence-electron chi connectivity index (χ3n) is 2.73. The van der Waals surface area contributed by atoms with Gasteiger partial charge in [0.05, 0.1) is 13.0 Å². The van der Waals surface area contributed by atoms with Crippen LogP contribution in [0.4, 0.5) is 0 Å². The molecule has 1 heterocycles. The molecule has 1 aromatic heterocycles. The van der Waals surface area contributed by atoms with Crippen molar-refractivity contribution in [3.63, 3.8) is 0 Å². The Morgan fingerprint density at radius 3 is 2.76 bits per heavy atom. The highest BCUT2D eigenvalue weighted by atomic mass is 32.1. The number of rotatable bonds is 4. The van der Waals surface area contributed by atoms with Crippen molar-refractivity contribution in [3.8, 4) is 17.6 Å². The predicted octanol–water partition coefficient (Wildman–Crippen LogP) is 1.66. The van der Waals surface area contributed by atoms with E-state index in [1.165, 1.54) is 11.3 Å². The molecular formula is C16H15NO3S. The molecule has 0 aliphatic heterocycles. The summed E-state index contributed by atoms with van der Waals surface area (Å²) in [5, 5.41) is 22.5. The molecule has 0 aliphatic rings. The summed E-state index contributed by atoms with van der Waals surface area (Å²) >= 11 is 1.52. The van der Waals surface area contributed by atoms with Crippen LogP contribution in [0, 0.1) is 11.8 Å². The second-order valence-electron chi connectivity index (χ2n) is 4.38. The zero-order valence-electron chi connectivity index (χ0n) is 11.3. The number of amides is 1. The molecule has 21 heavy (non-hydrogen) atoms. The smallest absolute Gasteiger partial charge is 0.224 e. The lowest BCUT2D eigenvalue weighted by molar-refractivity contribution is -0.120. The van der Waals surface area contributed by atoms with Crippen LogP contribution in [0.3, 0.4) is 0 Å². The SMILES string of the molecule is O=C(Cc1ccc(O)cc1)NCc1cc(C#CCO)cs1. The topological polar surface area (TPSA) is 69.6 Å². The molecule has 1 amide bonds. The van der Waals surface area contributed by atoms with Crippen molar-refractivity contribution in [2.45, 2.75) is 13.0 Å². The van der Waals surface area contributed by atoms with Gasteiger partial charge in [0.2, 0.25) is 5.91 Å². The van der Waals surface area contributed by atoms with E-state index in [2.05, 4.69) is 17.2 Å². The van der Waals surface area contributed by atoms with Crippen molar-refractivity contribution in [1.29, 1.82) is 0 Å². The first kappa shape index (κ1) is 15.1. The van der Waals surface area contributed by atoms with Gasteiger partial charge in [-0.05, 0) is 23.8 Å². The fraction of sp³-hybridized carbons (Fsp3) is 0.188. The molecule has 0 aliphatic carbocycles. The van der Waals surface area contributed by atoms with Gasteiger partial charge in [0.15, 0.2) is 0 Å². The molecule has 1 aromatic carbocycles. The largest absolute Gasteiger partial charge is 0.508 e. The number of hydrogen-bond acceptors (Lipinski definition) is 4. The monoisotopic (exact) mass is 301 g/mol. The number of carbonyl (C=O) groups excluding carboxylic acids is 1. The number of benzene rings is 1. The molecule has 2 aromatic rings. The van der Waals surface area contributed by atoms with Crippen LogP contribution >= 0.6 is 11.3 Å². The minimum atomic E-state index is -0.158. The van der Waals surface area contributed by atoms with Crippen LogP contribution in [-0.2, 0) is 17.8 Å². The lowest BCUT2D eigenvalue weighted by Gasteiger charge is -2.04. The van der Waals surface area contributed by atoms with E-state index in [0.29, 0.717) is 6.54 Å². The highest BCUT2D eigenvalue weighted by Crippen LogP contribution is 2.14. The van der Waals surface area contributed by atoms with E-state index in [1.54, 1.807) is 24.3 Å². The number of phenols is 1. The van der Waals surface area contributed by atoms with Crippen molar-refractivity contribution in [1.82, 2.24) is 5.32 Å². The normalized spacial score (nSPS) is 9.76. The Morgan fingerprint density at radius 2 is 2.05 bits per heavy atom. The average molecular weight is 301 g/mol. The van der Waals surface area contributed by atoms with Crippen molar-refractivity contribution >= 4 is 17.2 Å². The van der Waals surface area contributed by atoms with Crippen LogP contribution in [0.2, 0.25) is 0 Å². The number of carbonyl (C=O) groups is 1. The molecule has 0 atom stereocenters. The van der Waals surface area contributed by atoms with Crippen LogP contribution in [0.25, 0.3) is 0 Å². The predicted molar refractivity (Wildman–Crippen MR) is 81.9 cm³/mol. The van der Waals surface area contributed by atoms with Gasteiger partial charge in [-0.15, -0.1) is 11.3 Å². The van der Waals surface area contributed by atoms with Gasteiger partial charge in [-0.1, -0.05) is 24.0 Å². The van der Waals surface area contributed by atoms with Crippen molar-refractivity contribution in [2.75, 3.05) is 6.61 Å². The van der Waals surface area contributed by atoms with Gasteiger partial charge < -0.3 is 15.5 Å². The van der Waals surface area contributed by atoms with Gasteiger partial charge in [0, 0.05) is 15.8 Å². The molecule has 108 valence electrons. The Kier molecular flexibility index (Phi) is 5.38. The maximum absolute atomic E-state index is 11.8. The number of nitrogens with one attached hydrogen (secondary N) is 1. The summed E-state index contributed by atoms with van der Waals surface area (Å²) in [7, 11) is 0. The van der Waals surface area contributed by atoms with Crippen LogP contribution in [0.15, 0.2) is 35.7 Å². The number of hydrogen-bond donors (Lipinski definition) is 3. The summed E-state index contributed by atoms with van der Waals surface area (Å²) in [4.78, 5) is 12.8. The fourth-order valence-electron chi connectivity index (χ4n) is 1.73. The van der Waals surface area contributed by atoms with Gasteiger partial charge in [0.25, 0.3) is 0 Å². The summed E-state index contributed by atoms with van der Waals surface area (Å²) in [6, 6.07) is 8.47. The minimum Gasteiger partial charge on any atom is -0.508 e. The highest BCUT2D eigenvalue weighted by Gasteiger charge is 2.04. The Balaban J connectivity index is 1.83. The number of aromatic hydroxyl groups is 1. The quantitative estimate of drug-likeness (QED) is 0.752. The Bertz CT molecular complexity index is 665. The van der Waals surface area contributed by atoms with Gasteiger partial charge in [0.1, 0.15) is 12.4 Å². The van der Waals surface area contributed by atoms with Crippen molar-refractivity contribution in [3.05, 3.63) is 51.7 Å². The number of phenolic OH excluding ortho intramolecular Hbond substituents is 1. The van der Waals surface area contributed by atoms with E-state index in [1.807, 2.05) is 11.4 Å². The standard InChI is InChI=1S/C16H15NO3S/c18-7-1-2-13-8-15(21-11-13)10-17-16(20)9-12-3-5-14(19)6-4-12/h3-6,8,11,18-19H,7,9-10H2,(H,17,20). The van der Waals surface area contributed by atoms with Crippen LogP contribution in [0.1, 0.15) is 16.0 Å². The lowest BCUT2D eigenvalue weighted by atomic mass is 10.1. The van der Waals surface area contributed by atoms with E-state index in [4.69, 9.17) is 5.11 Å². The third-order valence-corrected chi connectivity index (χ3v) is 3.66. The third kappa shape index (κ3) is 4.95. The van der Waals surface area contributed by atoms with E-state index < -0.39 is 0 Å². The highest BCUT2D eigenvalue weighted by molar-refractivity contribution is 7.10. The molecule has 3 N–H and O–H groups in total. The molecule has 0 saturated carbocycles. The summed E-state index contributed by atoms with van der Waals surface area (Å²) < 4.78 is 0. The number of aliphatic hydroxyl groups is 1. The molecule has 0 spiro atoms. The maximum Gasteiger partial charge on any atom is 0.224 e. The van der Waals surface area contributed by atoms with E-state index in [-0.39, 0.29) is 24.7 Å². The van der Waals surface area contributed by atoms with Crippen molar-refractivity contribution < 1.29 is 15.0 Å². The van der Waals surface area contributed by atoms with E-state index in [0.717, 1.165) is 16.0 Å². The average Bonchev–Trinajstić information content (AvgIpc) is 2.93. The first-order valence-electron chi connectivity index (χ1n) is 6.39. The van der Waals surface area contributed by atoms with Crippen molar-refractivity contribution in [2.24, 2.45) is 0 Å². The number of thiophene rings is 1. The summed E-state index contributed by atoms with van der Waals surface area (Å²) in [6.45, 7) is 0.303. The summed E-state index contributed by atoms with van der Waals surface area (Å²) in [6.07, 6.45) is 0.281. The molecule has 5 heteroatoms. The Labute approximate surface area is 127 Å². The number of aliphatic hydroxyl groups excluding tert-OH is 1. The molecule has 4 nitrogen and oxygen atoms in total. The second kappa shape index (κ2) is 7.48. The molecule has 0 unspecified atom stereocenters. The van der Waals surface area contributed by atoms with Crippen LogP contribution < -0.4 is 5.32 Å². The summed E-state index contributed by atoms with van der Waals surface area (Å²) in [5.74, 6) is 5.52. The van der Waals surface area contributed by atoms with Crippen LogP contribution in [-0.4, -0.2) is 22.7 Å². The molecule has 0 saturated heterocycles. The van der Waals surface area contributed by atoms with Gasteiger partial charge in [-0.3, -0.25) is 4.79 Å². The van der Waals surface area contributed by atoms with E-state index >= 15 is 0 Å². The zero-order chi connectivity index (χ0) is 15.1. The molecule has 0 radical (unpaired) electrons. The van der Waals surface area contributed by atoms with Gasteiger partial charge in [-0.25, -0.2) is 0 Å². The minimum absolute atomic E-state index is 0.0721. The summed E-state index contributed by atoms with van der Waals surface area (Å²) in [5.41, 5.74) is 1.70. The fourth-order valence-corrected chi connectivity index (χ4v) is 2.48. The molecule has 2 rings (SSSR count). The zero-order valence-corrected chi connectivity index (χ0v) is 12.1. The maximum atomic E-state index is 11.8. The Morgan fingerprint density at radius 1 is 1.29 bits per heavy atom. The van der Waals surface area contributed by atoms with Gasteiger partial charge in [-0.2, -0.15) is 0 Å². The van der Waals surface area contributed by atoms with E-state index in [9.17, 15) is 9.90 Å². The Hall–Kier alpha value is -2.29. The molecular weight excluding hydrogens is 286 g/mol. The van der Waals surface area contributed by atoms with Gasteiger partial charge >= 0.3 is 0 Å². The first-order chi connectivity index (χ1) is 10.2. The first-order valence-corrected chi connectivity index (χ1v) is 7.27. The second-order valence-corrected chi connectivity index (χ2v) is 5.38. The molecule has 0 fully saturated rings. The molecule has 0 bridgehead atoms.